The fourth-order valence-corrected chi connectivity index (χ4v) is 2.14. The smallest absolute Gasteiger partial charge is 0.303 e. The first-order chi connectivity index (χ1) is 10.5. The van der Waals surface area contributed by atoms with E-state index >= 15 is 0 Å². The van der Waals surface area contributed by atoms with E-state index in [0.717, 1.165) is 5.56 Å². The molecule has 0 radical (unpaired) electrons. The Labute approximate surface area is 128 Å². The van der Waals surface area contributed by atoms with Crippen molar-refractivity contribution in [2.24, 2.45) is 0 Å². The van der Waals surface area contributed by atoms with E-state index in [9.17, 15) is 14.7 Å². The summed E-state index contributed by atoms with van der Waals surface area (Å²) in [5.74, 6) is -0.701. The third-order valence-corrected chi connectivity index (χ3v) is 3.14. The van der Waals surface area contributed by atoms with Crippen LogP contribution in [0.1, 0.15) is 25.5 Å². The Hall–Kier alpha value is -2.34. The lowest BCUT2D eigenvalue weighted by molar-refractivity contribution is -0.163. The summed E-state index contributed by atoms with van der Waals surface area (Å²) in [6.45, 7) is 2.60. The van der Waals surface area contributed by atoms with Crippen molar-refractivity contribution in [1.82, 2.24) is 0 Å². The van der Waals surface area contributed by atoms with E-state index in [0.29, 0.717) is 0 Å². The van der Waals surface area contributed by atoms with Crippen molar-refractivity contribution in [3.05, 3.63) is 42.0 Å². The Morgan fingerprint density at radius 3 is 2.41 bits per heavy atom. The zero-order valence-electron chi connectivity index (χ0n) is 12.4. The van der Waals surface area contributed by atoms with Crippen LogP contribution in [0.3, 0.4) is 0 Å². The van der Waals surface area contributed by atoms with Gasteiger partial charge >= 0.3 is 11.9 Å². The number of benzene rings is 1. The van der Waals surface area contributed by atoms with Gasteiger partial charge in [0.25, 0.3) is 0 Å². The number of hydrogen-bond donors (Lipinski definition) is 1. The van der Waals surface area contributed by atoms with Gasteiger partial charge in [0.2, 0.25) is 0 Å². The highest BCUT2D eigenvalue weighted by molar-refractivity contribution is 5.66. The molecule has 1 aromatic carbocycles. The summed E-state index contributed by atoms with van der Waals surface area (Å²) in [6.07, 6.45) is 1.93. The average Bonchev–Trinajstić information content (AvgIpc) is 2.46. The normalized spacial score (nSPS) is 23.8. The third kappa shape index (κ3) is 4.33. The highest BCUT2D eigenvalue weighted by Gasteiger charge is 2.31. The average molecular weight is 306 g/mol. The van der Waals surface area contributed by atoms with Gasteiger partial charge in [0.1, 0.15) is 30.7 Å². The monoisotopic (exact) mass is 306 g/mol. The molecule has 1 aliphatic rings. The van der Waals surface area contributed by atoms with Gasteiger partial charge in [0.15, 0.2) is 0 Å². The van der Waals surface area contributed by atoms with Crippen molar-refractivity contribution in [2.75, 3.05) is 6.61 Å². The summed E-state index contributed by atoms with van der Waals surface area (Å²) < 4.78 is 16.0. The molecular formula is C16H18O6. The Kier molecular flexibility index (Phi) is 5.16. The van der Waals surface area contributed by atoms with Crippen molar-refractivity contribution in [2.45, 2.75) is 32.2 Å². The van der Waals surface area contributed by atoms with Gasteiger partial charge in [-0.1, -0.05) is 18.2 Å². The predicted octanol–water partition coefficient (Wildman–Crippen LogP) is 1.88. The number of hydrogen-bond acceptors (Lipinski definition) is 6. The summed E-state index contributed by atoms with van der Waals surface area (Å²) in [7, 11) is 0. The van der Waals surface area contributed by atoms with Gasteiger partial charge in [-0.25, -0.2) is 0 Å². The molecule has 1 aliphatic heterocycles. The van der Waals surface area contributed by atoms with Crippen LogP contribution in [0.2, 0.25) is 0 Å². The first kappa shape index (κ1) is 16.0. The van der Waals surface area contributed by atoms with Crippen LogP contribution in [0.25, 0.3) is 0 Å². The summed E-state index contributed by atoms with van der Waals surface area (Å²) in [4.78, 5) is 22.1. The van der Waals surface area contributed by atoms with Crippen molar-refractivity contribution in [3.63, 3.8) is 0 Å². The Morgan fingerprint density at radius 2 is 1.82 bits per heavy atom. The van der Waals surface area contributed by atoms with Gasteiger partial charge in [0.05, 0.1) is 0 Å². The largest absolute Gasteiger partial charge is 0.508 e. The van der Waals surface area contributed by atoms with E-state index in [1.165, 1.54) is 13.8 Å². The Bertz CT molecular complexity index is 563. The highest BCUT2D eigenvalue weighted by Crippen LogP contribution is 2.28. The lowest BCUT2D eigenvalue weighted by atomic mass is 10.0. The molecule has 0 aromatic heterocycles. The van der Waals surface area contributed by atoms with Gasteiger partial charge in [-0.3, -0.25) is 9.59 Å². The van der Waals surface area contributed by atoms with E-state index in [-0.39, 0.29) is 18.5 Å². The molecule has 0 spiro atoms. The highest BCUT2D eigenvalue weighted by atomic mass is 16.6. The maximum absolute atomic E-state index is 11.1. The van der Waals surface area contributed by atoms with Crippen molar-refractivity contribution < 1.29 is 28.9 Å². The second-order valence-corrected chi connectivity index (χ2v) is 4.95. The number of rotatable bonds is 4. The zero-order chi connectivity index (χ0) is 16.1. The molecule has 0 amide bonds. The molecule has 3 atom stereocenters. The molecule has 0 unspecified atom stereocenters. The molecule has 1 aromatic rings. The van der Waals surface area contributed by atoms with Crippen molar-refractivity contribution in [1.29, 1.82) is 0 Å². The van der Waals surface area contributed by atoms with Gasteiger partial charge < -0.3 is 19.3 Å². The minimum atomic E-state index is -0.606. The number of aromatic hydroxyl groups is 1. The Balaban J connectivity index is 2.13. The van der Waals surface area contributed by atoms with E-state index in [1.54, 1.807) is 36.4 Å². The lowest BCUT2D eigenvalue weighted by Gasteiger charge is -2.31. The Morgan fingerprint density at radius 1 is 1.14 bits per heavy atom. The van der Waals surface area contributed by atoms with Crippen molar-refractivity contribution >= 4 is 11.9 Å². The molecule has 0 fully saturated rings. The summed E-state index contributed by atoms with van der Waals surface area (Å²) in [6, 6.07) is 6.59. The number of ether oxygens (including phenoxy) is 3. The van der Waals surface area contributed by atoms with Crippen LogP contribution in [0.15, 0.2) is 36.4 Å². The molecule has 0 saturated carbocycles. The topological polar surface area (TPSA) is 82.1 Å². The second kappa shape index (κ2) is 7.09. The number of carbonyl (C=O) groups excluding carboxylic acids is 2. The van der Waals surface area contributed by atoms with Crippen molar-refractivity contribution in [3.8, 4) is 5.75 Å². The van der Waals surface area contributed by atoms with Crippen LogP contribution in [0.4, 0.5) is 0 Å². The molecule has 0 bridgehead atoms. The van der Waals surface area contributed by atoms with E-state index in [1.807, 2.05) is 0 Å². The maximum atomic E-state index is 11.1. The SMILES string of the molecule is CC(=O)OC[C@H]1O[C@H](c2ccc(O)cc2)C=C[C@@H]1OC(C)=O. The van der Waals surface area contributed by atoms with Gasteiger partial charge in [-0.05, 0) is 23.8 Å². The first-order valence-electron chi connectivity index (χ1n) is 6.89. The zero-order valence-corrected chi connectivity index (χ0v) is 12.4. The van der Waals surface area contributed by atoms with E-state index in [4.69, 9.17) is 14.2 Å². The van der Waals surface area contributed by atoms with Crippen LogP contribution >= 0.6 is 0 Å². The standard InChI is InChI=1S/C16H18O6/c1-10(17)20-9-16-15(21-11(2)18)8-7-14(22-16)12-3-5-13(19)6-4-12/h3-8,14-16,19H,9H2,1-2H3/t14-,15-,16+/m0/s1. The minimum Gasteiger partial charge on any atom is -0.508 e. The van der Waals surface area contributed by atoms with Crippen LogP contribution in [-0.4, -0.2) is 35.9 Å². The fourth-order valence-electron chi connectivity index (χ4n) is 2.14. The molecule has 2 rings (SSSR count). The van der Waals surface area contributed by atoms with Crippen LogP contribution in [0, 0.1) is 0 Å². The van der Waals surface area contributed by atoms with E-state index < -0.39 is 24.1 Å². The molecular weight excluding hydrogens is 288 g/mol. The molecule has 1 N–H and O–H groups in total. The van der Waals surface area contributed by atoms with Crippen LogP contribution < -0.4 is 0 Å². The molecule has 1 heterocycles. The van der Waals surface area contributed by atoms with Crippen LogP contribution in [0.5, 0.6) is 5.75 Å². The number of phenolic OH excluding ortho intramolecular Hbond substituents is 1. The number of esters is 2. The number of phenols is 1. The van der Waals surface area contributed by atoms with Gasteiger partial charge in [-0.2, -0.15) is 0 Å². The number of carbonyl (C=O) groups is 2. The molecule has 0 aliphatic carbocycles. The quantitative estimate of drug-likeness (QED) is 0.675. The summed E-state index contributed by atoms with van der Waals surface area (Å²) >= 11 is 0. The molecule has 6 heteroatoms. The third-order valence-electron chi connectivity index (χ3n) is 3.14. The summed E-state index contributed by atoms with van der Waals surface area (Å²) in [5.41, 5.74) is 0.836. The maximum Gasteiger partial charge on any atom is 0.303 e. The van der Waals surface area contributed by atoms with Crippen LogP contribution in [-0.2, 0) is 23.8 Å². The molecule has 22 heavy (non-hydrogen) atoms. The second-order valence-electron chi connectivity index (χ2n) is 4.95. The first-order valence-corrected chi connectivity index (χ1v) is 6.89. The molecule has 6 nitrogen and oxygen atoms in total. The summed E-state index contributed by atoms with van der Waals surface area (Å²) in [5, 5.41) is 9.32. The molecule has 0 saturated heterocycles. The minimum absolute atomic E-state index is 0.00773. The van der Waals surface area contributed by atoms with Gasteiger partial charge in [-0.15, -0.1) is 0 Å². The van der Waals surface area contributed by atoms with Gasteiger partial charge in [0, 0.05) is 13.8 Å². The van der Waals surface area contributed by atoms with E-state index in [2.05, 4.69) is 0 Å². The predicted molar refractivity (Wildman–Crippen MR) is 77.0 cm³/mol. The lowest BCUT2D eigenvalue weighted by Crippen LogP contribution is -2.39. The molecule has 118 valence electrons. The fraction of sp³-hybridized carbons (Fsp3) is 0.375.